The summed E-state index contributed by atoms with van der Waals surface area (Å²) in [6.45, 7) is 7.22. The third kappa shape index (κ3) is 3.80. The summed E-state index contributed by atoms with van der Waals surface area (Å²) in [5, 5.41) is 15.3. The molecule has 3 aromatic carbocycles. The highest BCUT2D eigenvalue weighted by atomic mass is 16.5. The highest BCUT2D eigenvalue weighted by molar-refractivity contribution is 5.75. The van der Waals surface area contributed by atoms with E-state index in [2.05, 4.69) is 73.7 Å². The zero-order valence-electron chi connectivity index (χ0n) is 19.5. The molecule has 0 saturated carbocycles. The Morgan fingerprint density at radius 1 is 0.909 bits per heavy atom. The maximum absolute atomic E-state index is 11.4. The predicted molar refractivity (Wildman–Crippen MR) is 133 cm³/mol. The van der Waals surface area contributed by atoms with Gasteiger partial charge in [0.25, 0.3) is 0 Å². The number of aliphatic hydroxyl groups excluding tert-OH is 1. The molecule has 2 aliphatic rings. The lowest BCUT2D eigenvalue weighted by molar-refractivity contribution is 0.367. The Bertz CT molecular complexity index is 1330. The van der Waals surface area contributed by atoms with Crippen LogP contribution in [0.3, 0.4) is 0 Å². The van der Waals surface area contributed by atoms with E-state index in [0.717, 1.165) is 38.8 Å². The van der Waals surface area contributed by atoms with E-state index >= 15 is 0 Å². The number of nitrogens with one attached hydrogen (secondary N) is 1. The maximum Gasteiger partial charge on any atom is 0.237 e. The van der Waals surface area contributed by atoms with Crippen molar-refractivity contribution in [3.8, 4) is 5.75 Å². The van der Waals surface area contributed by atoms with Gasteiger partial charge in [-0.1, -0.05) is 69.3 Å². The third-order valence-corrected chi connectivity index (χ3v) is 6.20. The van der Waals surface area contributed by atoms with Crippen molar-refractivity contribution in [2.45, 2.75) is 32.7 Å². The number of hydrogen-bond acceptors (Lipinski definition) is 5. The first kappa shape index (κ1) is 21.0. The molecule has 0 atom stereocenters. The van der Waals surface area contributed by atoms with Crippen molar-refractivity contribution in [1.29, 1.82) is 0 Å². The van der Waals surface area contributed by atoms with Crippen LogP contribution in [0.4, 0.5) is 5.69 Å². The van der Waals surface area contributed by atoms with Crippen molar-refractivity contribution in [3.63, 3.8) is 0 Å². The highest BCUT2D eigenvalue weighted by Gasteiger charge is 2.33. The normalized spacial score (nSPS) is 15.1. The van der Waals surface area contributed by atoms with E-state index in [1.165, 1.54) is 5.56 Å². The van der Waals surface area contributed by atoms with Crippen molar-refractivity contribution in [2.24, 2.45) is 0 Å². The summed E-state index contributed by atoms with van der Waals surface area (Å²) in [4.78, 5) is 2.10. The van der Waals surface area contributed by atoms with Crippen molar-refractivity contribution in [1.82, 2.24) is 10.3 Å². The molecule has 0 aromatic heterocycles. The van der Waals surface area contributed by atoms with E-state index < -0.39 is 0 Å². The number of nitrogens with zero attached hydrogens (tertiary/aromatic N) is 2. The largest absolute Gasteiger partial charge is 0.497 e. The van der Waals surface area contributed by atoms with Gasteiger partial charge in [-0.05, 0) is 40.8 Å². The van der Waals surface area contributed by atoms with Gasteiger partial charge in [0.15, 0.2) is 0 Å². The van der Waals surface area contributed by atoms with E-state index in [-0.39, 0.29) is 11.3 Å². The number of fused-ring (bicyclic) bond motifs is 2. The highest BCUT2D eigenvalue weighted by Crippen LogP contribution is 2.33. The van der Waals surface area contributed by atoms with Gasteiger partial charge in [-0.3, -0.25) is 5.43 Å². The molecule has 3 aromatic rings. The summed E-state index contributed by atoms with van der Waals surface area (Å²) < 4.78 is 5.29. The van der Waals surface area contributed by atoms with E-state index in [1.807, 2.05) is 36.4 Å². The molecule has 5 heteroatoms. The molecule has 0 saturated heterocycles. The lowest BCUT2D eigenvalue weighted by Crippen LogP contribution is -2.40. The van der Waals surface area contributed by atoms with E-state index in [9.17, 15) is 5.11 Å². The van der Waals surface area contributed by atoms with Gasteiger partial charge in [0.05, 0.1) is 18.5 Å². The minimum absolute atomic E-state index is 0.0727. The molecule has 0 fully saturated rings. The molecule has 2 heterocycles. The fourth-order valence-electron chi connectivity index (χ4n) is 4.31. The number of hydrazine groups is 1. The van der Waals surface area contributed by atoms with E-state index in [1.54, 1.807) is 12.1 Å². The van der Waals surface area contributed by atoms with Crippen LogP contribution in [0, 0.1) is 0 Å². The molecule has 0 aliphatic carbocycles. The molecule has 2 aliphatic heterocycles. The smallest absolute Gasteiger partial charge is 0.237 e. The number of methoxy groups -OCH3 is 1. The summed E-state index contributed by atoms with van der Waals surface area (Å²) in [5.41, 5.74) is 8.46. The van der Waals surface area contributed by atoms with Crippen molar-refractivity contribution in [3.05, 3.63) is 106 Å². The van der Waals surface area contributed by atoms with Gasteiger partial charge < -0.3 is 14.7 Å². The lowest BCUT2D eigenvalue weighted by Gasteiger charge is -2.25. The quantitative estimate of drug-likeness (QED) is 0.641. The molecule has 0 bridgehead atoms. The molecule has 168 valence electrons. The molecular weight excluding hydrogens is 410 g/mol. The SMILES string of the molecule is COc1ccc(CN2C=c3ccccc3=C3NN(c4ccc(C(C)(C)C)cc4)C(O)=C32)cc1. The monoisotopic (exact) mass is 439 g/mol. The summed E-state index contributed by atoms with van der Waals surface area (Å²) in [5.74, 6) is 1.02. The zero-order valence-corrected chi connectivity index (χ0v) is 19.5. The third-order valence-electron chi connectivity index (χ3n) is 6.20. The molecule has 5 nitrogen and oxygen atoms in total. The van der Waals surface area contributed by atoms with Gasteiger partial charge in [-0.2, -0.15) is 0 Å². The zero-order chi connectivity index (χ0) is 23.2. The Balaban J connectivity index is 1.56. The molecule has 5 rings (SSSR count). The van der Waals surface area contributed by atoms with E-state index in [4.69, 9.17) is 4.74 Å². The summed E-state index contributed by atoms with van der Waals surface area (Å²) in [6.07, 6.45) is 2.10. The summed E-state index contributed by atoms with van der Waals surface area (Å²) in [7, 11) is 1.67. The molecule has 0 spiro atoms. The van der Waals surface area contributed by atoms with Crippen LogP contribution in [0.2, 0.25) is 0 Å². The van der Waals surface area contributed by atoms with Gasteiger partial charge in [0.1, 0.15) is 11.4 Å². The molecule has 0 amide bonds. The molecule has 2 N–H and O–H groups in total. The van der Waals surface area contributed by atoms with Crippen molar-refractivity contribution >= 4 is 17.6 Å². The van der Waals surface area contributed by atoms with Crippen LogP contribution in [0.25, 0.3) is 11.9 Å². The number of anilines is 1. The van der Waals surface area contributed by atoms with Crippen molar-refractivity contribution < 1.29 is 9.84 Å². The number of rotatable bonds is 4. The Morgan fingerprint density at radius 2 is 1.61 bits per heavy atom. The van der Waals surface area contributed by atoms with Crippen LogP contribution >= 0.6 is 0 Å². The minimum atomic E-state index is 0.0727. The summed E-state index contributed by atoms with van der Waals surface area (Å²) >= 11 is 0. The fourth-order valence-corrected chi connectivity index (χ4v) is 4.31. The van der Waals surface area contributed by atoms with Gasteiger partial charge in [0, 0.05) is 23.2 Å². The van der Waals surface area contributed by atoms with E-state index in [0.29, 0.717) is 6.54 Å². The first-order valence-electron chi connectivity index (χ1n) is 11.2. The number of ether oxygens (including phenoxy) is 1. The van der Waals surface area contributed by atoms with Crippen LogP contribution < -0.4 is 25.6 Å². The van der Waals surface area contributed by atoms with Crippen molar-refractivity contribution in [2.75, 3.05) is 12.1 Å². The first-order valence-corrected chi connectivity index (χ1v) is 11.2. The average molecular weight is 440 g/mol. The second kappa shape index (κ2) is 7.93. The second-order valence-electron chi connectivity index (χ2n) is 9.48. The number of hydrogen-bond donors (Lipinski definition) is 2. The molecule has 0 radical (unpaired) electrons. The number of benzene rings is 3. The Morgan fingerprint density at radius 3 is 2.27 bits per heavy atom. The topological polar surface area (TPSA) is 48.0 Å². The van der Waals surface area contributed by atoms with Crippen LogP contribution in [0.5, 0.6) is 5.75 Å². The van der Waals surface area contributed by atoms with Gasteiger partial charge in [-0.15, -0.1) is 0 Å². The number of aliphatic hydroxyl groups is 1. The van der Waals surface area contributed by atoms with Gasteiger partial charge in [0.2, 0.25) is 5.88 Å². The van der Waals surface area contributed by atoms with Crippen LogP contribution in [0.15, 0.2) is 84.4 Å². The van der Waals surface area contributed by atoms with Crippen LogP contribution in [0.1, 0.15) is 31.9 Å². The Labute approximate surface area is 194 Å². The Kier molecular flexibility index (Phi) is 5.05. The van der Waals surface area contributed by atoms with Gasteiger partial charge >= 0.3 is 0 Å². The molecule has 33 heavy (non-hydrogen) atoms. The van der Waals surface area contributed by atoms with Crippen LogP contribution in [-0.2, 0) is 12.0 Å². The molecular formula is C28H29N3O2. The lowest BCUT2D eigenvalue weighted by atomic mass is 9.87. The Hall–Kier alpha value is -3.86. The average Bonchev–Trinajstić information content (AvgIpc) is 3.17. The fraction of sp³-hybridized carbons (Fsp3) is 0.214. The maximum atomic E-state index is 11.4. The van der Waals surface area contributed by atoms with Gasteiger partial charge in [-0.25, -0.2) is 5.01 Å². The second-order valence-corrected chi connectivity index (χ2v) is 9.48. The van der Waals surface area contributed by atoms with Crippen LogP contribution in [-0.4, -0.2) is 17.1 Å². The standard InChI is InChI=1S/C28H29N3O2/c1-28(2,3)21-11-13-22(14-12-21)31-27(32)26-25(29-31)24-8-6-5-7-20(24)18-30(26)17-19-9-15-23(33-4)16-10-19/h5-16,18,29,32H,17H2,1-4H3. The summed E-state index contributed by atoms with van der Waals surface area (Å²) in [6, 6.07) is 24.6. The predicted octanol–water partition coefficient (Wildman–Crippen LogP) is 4.11. The minimum Gasteiger partial charge on any atom is -0.497 e. The molecule has 0 unspecified atom stereocenters. The first-order chi connectivity index (χ1) is 15.8.